The van der Waals surface area contributed by atoms with Gasteiger partial charge in [-0.25, -0.2) is 0 Å². The largest absolute Gasteiger partial charge is 0.492 e. The Morgan fingerprint density at radius 3 is 2.59 bits per heavy atom. The van der Waals surface area contributed by atoms with E-state index in [4.69, 9.17) is 21.1 Å². The lowest BCUT2D eigenvalue weighted by Gasteiger charge is -2.35. The van der Waals surface area contributed by atoms with E-state index in [2.05, 4.69) is 0 Å². The number of amides is 1. The molecule has 2 aromatic carbocycles. The van der Waals surface area contributed by atoms with Crippen LogP contribution in [-0.2, 0) is 4.79 Å². The fourth-order valence-corrected chi connectivity index (χ4v) is 2.96. The number of ether oxygens (including phenoxy) is 2. The zero-order valence-electron chi connectivity index (χ0n) is 14.9. The Bertz CT molecular complexity index is 854. The average Bonchev–Trinajstić information content (AvgIpc) is 2.64. The Labute approximate surface area is 161 Å². The van der Waals surface area contributed by atoms with Crippen LogP contribution in [0.25, 0.3) is 0 Å². The molecule has 0 radical (unpaired) electrons. The monoisotopic (exact) mass is 390 g/mol. The Morgan fingerprint density at radius 2 is 1.96 bits per heavy atom. The van der Waals surface area contributed by atoms with Crippen molar-refractivity contribution in [2.24, 2.45) is 5.92 Å². The van der Waals surface area contributed by atoms with E-state index in [9.17, 15) is 14.9 Å². The van der Waals surface area contributed by atoms with E-state index in [0.717, 1.165) is 0 Å². The second kappa shape index (κ2) is 7.84. The van der Waals surface area contributed by atoms with Gasteiger partial charge in [-0.3, -0.25) is 14.9 Å². The number of anilines is 1. The molecule has 142 valence electrons. The van der Waals surface area contributed by atoms with Crippen molar-refractivity contribution in [1.82, 2.24) is 0 Å². The standard InChI is InChI=1S/C19H19ClN2O5/c1-12(2)18-19(23)21(9-10-26-15-6-3-13(20)4-7-15)16-8-5-14(22(24)25)11-17(16)27-18/h3-8,11-12,18H,9-10H2,1-2H3. The molecule has 7 nitrogen and oxygen atoms in total. The molecule has 3 rings (SSSR count). The molecule has 0 bridgehead atoms. The van der Waals surface area contributed by atoms with Gasteiger partial charge in [-0.2, -0.15) is 0 Å². The number of rotatable bonds is 6. The number of fused-ring (bicyclic) bond motifs is 1. The number of nitrogens with zero attached hydrogens (tertiary/aromatic N) is 2. The molecule has 0 N–H and O–H groups in total. The number of nitro benzene ring substituents is 1. The van der Waals surface area contributed by atoms with Gasteiger partial charge in [0.15, 0.2) is 11.9 Å². The van der Waals surface area contributed by atoms with Crippen LogP contribution in [0.15, 0.2) is 42.5 Å². The molecule has 27 heavy (non-hydrogen) atoms. The number of benzene rings is 2. The van der Waals surface area contributed by atoms with Crippen molar-refractivity contribution in [2.75, 3.05) is 18.1 Å². The number of halogens is 1. The molecule has 1 aliphatic rings. The Kier molecular flexibility index (Phi) is 5.51. The fourth-order valence-electron chi connectivity index (χ4n) is 2.83. The second-order valence-corrected chi connectivity index (χ2v) is 6.92. The van der Waals surface area contributed by atoms with E-state index >= 15 is 0 Å². The van der Waals surface area contributed by atoms with E-state index < -0.39 is 11.0 Å². The summed E-state index contributed by atoms with van der Waals surface area (Å²) in [4.78, 5) is 24.9. The van der Waals surface area contributed by atoms with E-state index in [1.165, 1.54) is 18.2 Å². The average molecular weight is 391 g/mol. The first-order valence-corrected chi connectivity index (χ1v) is 8.89. The van der Waals surface area contributed by atoms with Crippen LogP contribution in [0.4, 0.5) is 11.4 Å². The highest BCUT2D eigenvalue weighted by atomic mass is 35.5. The molecule has 0 fully saturated rings. The van der Waals surface area contributed by atoms with Gasteiger partial charge in [0.25, 0.3) is 11.6 Å². The van der Waals surface area contributed by atoms with E-state index in [-0.39, 0.29) is 24.1 Å². The minimum atomic E-state index is -0.699. The van der Waals surface area contributed by atoms with Crippen LogP contribution in [0.1, 0.15) is 13.8 Å². The summed E-state index contributed by atoms with van der Waals surface area (Å²) in [7, 11) is 0. The van der Waals surface area contributed by atoms with Crippen molar-refractivity contribution in [3.63, 3.8) is 0 Å². The van der Waals surface area contributed by atoms with Gasteiger partial charge in [0.2, 0.25) is 0 Å². The number of hydrogen-bond acceptors (Lipinski definition) is 5. The van der Waals surface area contributed by atoms with Gasteiger partial charge >= 0.3 is 0 Å². The third-order valence-corrected chi connectivity index (χ3v) is 4.46. The molecule has 0 spiro atoms. The SMILES string of the molecule is CC(C)C1Oc2cc([N+](=O)[O-])ccc2N(CCOc2ccc(Cl)cc2)C1=O. The highest BCUT2D eigenvalue weighted by molar-refractivity contribution is 6.30. The molecule has 0 aromatic heterocycles. The normalized spacial score (nSPS) is 16.1. The van der Waals surface area contributed by atoms with Crippen LogP contribution in [0, 0.1) is 16.0 Å². The zero-order chi connectivity index (χ0) is 19.6. The number of non-ortho nitro benzene ring substituents is 1. The summed E-state index contributed by atoms with van der Waals surface area (Å²) in [6.07, 6.45) is -0.699. The molecule has 1 heterocycles. The van der Waals surface area contributed by atoms with Crippen molar-refractivity contribution >= 4 is 28.9 Å². The van der Waals surface area contributed by atoms with Gasteiger partial charge in [0, 0.05) is 11.1 Å². The summed E-state index contributed by atoms with van der Waals surface area (Å²) in [6.45, 7) is 4.29. The van der Waals surface area contributed by atoms with E-state index in [0.29, 0.717) is 28.8 Å². The number of nitro groups is 1. The lowest BCUT2D eigenvalue weighted by molar-refractivity contribution is -0.384. The lowest BCUT2D eigenvalue weighted by Crippen LogP contribution is -2.49. The summed E-state index contributed by atoms with van der Waals surface area (Å²) in [5.74, 6) is 0.703. The van der Waals surface area contributed by atoms with Crippen LogP contribution < -0.4 is 14.4 Å². The minimum absolute atomic E-state index is 0.0791. The van der Waals surface area contributed by atoms with Gasteiger partial charge in [0.05, 0.1) is 23.2 Å². The van der Waals surface area contributed by atoms with Gasteiger partial charge in [-0.1, -0.05) is 25.4 Å². The molecule has 1 atom stereocenters. The van der Waals surface area contributed by atoms with Crippen LogP contribution >= 0.6 is 11.6 Å². The summed E-state index contributed by atoms with van der Waals surface area (Å²) in [6, 6.07) is 11.2. The van der Waals surface area contributed by atoms with Crippen LogP contribution in [0.2, 0.25) is 5.02 Å². The fraction of sp³-hybridized carbons (Fsp3) is 0.316. The van der Waals surface area contributed by atoms with Gasteiger partial charge in [-0.15, -0.1) is 0 Å². The lowest BCUT2D eigenvalue weighted by atomic mass is 10.0. The van der Waals surface area contributed by atoms with Crippen molar-refractivity contribution < 1.29 is 19.2 Å². The summed E-state index contributed by atoms with van der Waals surface area (Å²) >= 11 is 5.85. The number of carbonyl (C=O) groups is 1. The molecular formula is C19H19ClN2O5. The van der Waals surface area contributed by atoms with E-state index in [1.54, 1.807) is 29.2 Å². The van der Waals surface area contributed by atoms with Crippen LogP contribution in [0.5, 0.6) is 11.5 Å². The summed E-state index contributed by atoms with van der Waals surface area (Å²) < 4.78 is 11.4. The first-order chi connectivity index (χ1) is 12.9. The van der Waals surface area contributed by atoms with Crippen molar-refractivity contribution in [3.8, 4) is 11.5 Å². The zero-order valence-corrected chi connectivity index (χ0v) is 15.7. The Balaban J connectivity index is 1.80. The maximum Gasteiger partial charge on any atom is 0.273 e. The topological polar surface area (TPSA) is 81.9 Å². The Hall–Kier alpha value is -2.80. The van der Waals surface area contributed by atoms with E-state index in [1.807, 2.05) is 13.8 Å². The maximum atomic E-state index is 12.8. The maximum absolute atomic E-state index is 12.8. The quantitative estimate of drug-likeness (QED) is 0.548. The molecular weight excluding hydrogens is 372 g/mol. The highest BCUT2D eigenvalue weighted by Crippen LogP contribution is 2.38. The minimum Gasteiger partial charge on any atom is -0.492 e. The molecule has 1 unspecified atom stereocenters. The third-order valence-electron chi connectivity index (χ3n) is 4.21. The van der Waals surface area contributed by atoms with Crippen molar-refractivity contribution in [1.29, 1.82) is 0 Å². The Morgan fingerprint density at radius 1 is 1.26 bits per heavy atom. The molecule has 1 aliphatic heterocycles. The number of hydrogen-bond donors (Lipinski definition) is 0. The van der Waals surface area contributed by atoms with Crippen LogP contribution in [0.3, 0.4) is 0 Å². The first-order valence-electron chi connectivity index (χ1n) is 8.51. The van der Waals surface area contributed by atoms with Crippen LogP contribution in [-0.4, -0.2) is 30.1 Å². The molecule has 1 amide bonds. The summed E-state index contributed by atoms with van der Waals surface area (Å²) in [5.41, 5.74) is 0.421. The van der Waals surface area contributed by atoms with Gasteiger partial charge in [0.1, 0.15) is 12.4 Å². The van der Waals surface area contributed by atoms with Gasteiger partial charge in [-0.05, 0) is 36.2 Å². The molecule has 8 heteroatoms. The highest BCUT2D eigenvalue weighted by Gasteiger charge is 2.37. The molecule has 0 saturated heterocycles. The van der Waals surface area contributed by atoms with Crippen molar-refractivity contribution in [2.45, 2.75) is 20.0 Å². The van der Waals surface area contributed by atoms with Crippen molar-refractivity contribution in [3.05, 3.63) is 57.6 Å². The molecule has 0 saturated carbocycles. The number of carbonyl (C=O) groups excluding carboxylic acids is 1. The first kappa shape index (κ1) is 19.0. The smallest absolute Gasteiger partial charge is 0.273 e. The predicted molar refractivity (Wildman–Crippen MR) is 102 cm³/mol. The molecule has 0 aliphatic carbocycles. The third kappa shape index (κ3) is 4.14. The molecule has 2 aromatic rings. The predicted octanol–water partition coefficient (Wildman–Crippen LogP) is 4.08. The summed E-state index contributed by atoms with van der Waals surface area (Å²) in [5, 5.41) is 11.7. The van der Waals surface area contributed by atoms with Gasteiger partial charge < -0.3 is 14.4 Å². The second-order valence-electron chi connectivity index (χ2n) is 6.48.